The van der Waals surface area contributed by atoms with Gasteiger partial charge in [0.15, 0.2) is 0 Å². The summed E-state index contributed by atoms with van der Waals surface area (Å²) >= 11 is 0. The molecule has 0 bridgehead atoms. The first-order valence-corrected chi connectivity index (χ1v) is 7.45. The maximum Gasteiger partial charge on any atom is 0.329 e. The monoisotopic (exact) mass is 335 g/mol. The van der Waals surface area contributed by atoms with Crippen molar-refractivity contribution in [2.75, 3.05) is 39.6 Å². The zero-order chi connectivity index (χ0) is 17.5. The lowest BCUT2D eigenvalue weighted by Gasteiger charge is -2.17. The van der Waals surface area contributed by atoms with Gasteiger partial charge in [-0.2, -0.15) is 0 Å². The zero-order valence-electron chi connectivity index (χ0n) is 13.3. The molecule has 0 fully saturated rings. The number of carbonyl (C=O) groups excluding carboxylic acids is 2. The summed E-state index contributed by atoms with van der Waals surface area (Å²) in [6, 6.07) is -0.792. The Morgan fingerprint density at radius 2 is 1.78 bits per heavy atom. The first-order chi connectivity index (χ1) is 11.0. The van der Waals surface area contributed by atoms with E-state index in [1.807, 2.05) is 6.92 Å². The van der Waals surface area contributed by atoms with Crippen molar-refractivity contribution < 1.29 is 38.8 Å². The van der Waals surface area contributed by atoms with E-state index in [-0.39, 0.29) is 33.0 Å². The summed E-state index contributed by atoms with van der Waals surface area (Å²) in [5.41, 5.74) is 0. The van der Waals surface area contributed by atoms with Gasteiger partial charge in [0, 0.05) is 0 Å². The summed E-state index contributed by atoms with van der Waals surface area (Å²) in [7, 11) is 0. The van der Waals surface area contributed by atoms with Crippen LogP contribution in [0, 0.1) is 0 Å². The molecule has 0 aromatic heterocycles. The lowest BCUT2D eigenvalue weighted by Crippen LogP contribution is -2.43. The van der Waals surface area contributed by atoms with Crippen molar-refractivity contribution in [3.8, 4) is 0 Å². The summed E-state index contributed by atoms with van der Waals surface area (Å²) in [6.45, 7) is 0.962. The van der Waals surface area contributed by atoms with Crippen molar-refractivity contribution in [1.29, 1.82) is 0 Å². The quantitative estimate of drug-likeness (QED) is 0.281. The van der Waals surface area contributed by atoms with Gasteiger partial charge in [-0.25, -0.2) is 9.59 Å². The van der Waals surface area contributed by atoms with Crippen LogP contribution >= 0.6 is 0 Å². The molecule has 3 N–H and O–H groups in total. The highest BCUT2D eigenvalue weighted by atomic mass is 16.6. The Kier molecular flexibility index (Phi) is 12.9. The number of aliphatic hydroxyl groups is 1. The molecule has 0 rings (SSSR count). The van der Waals surface area contributed by atoms with Crippen LogP contribution in [0.1, 0.15) is 26.2 Å². The van der Waals surface area contributed by atoms with Crippen LogP contribution in [0.15, 0.2) is 0 Å². The van der Waals surface area contributed by atoms with Crippen LogP contribution in [0.2, 0.25) is 0 Å². The van der Waals surface area contributed by atoms with Crippen LogP contribution in [0.25, 0.3) is 0 Å². The number of hydrogen-bond donors (Lipinski definition) is 3. The number of rotatable bonds is 14. The summed E-state index contributed by atoms with van der Waals surface area (Å²) in [6.07, 6.45) is 2.01. The summed E-state index contributed by atoms with van der Waals surface area (Å²) < 4.78 is 14.6. The van der Waals surface area contributed by atoms with Crippen molar-refractivity contribution >= 4 is 17.8 Å². The minimum absolute atomic E-state index is 0.0356. The van der Waals surface area contributed by atoms with E-state index in [1.165, 1.54) is 0 Å². The number of aliphatic hydroxyl groups excluding tert-OH is 1. The van der Waals surface area contributed by atoms with Gasteiger partial charge in [-0.3, -0.25) is 4.79 Å². The third kappa shape index (κ3) is 12.5. The van der Waals surface area contributed by atoms with E-state index in [4.69, 9.17) is 24.4 Å². The lowest BCUT2D eigenvalue weighted by molar-refractivity contribution is -0.151. The third-order valence-electron chi connectivity index (χ3n) is 2.63. The largest absolute Gasteiger partial charge is 0.480 e. The Morgan fingerprint density at radius 3 is 2.39 bits per heavy atom. The predicted octanol–water partition coefficient (Wildman–Crippen LogP) is -0.685. The van der Waals surface area contributed by atoms with Crippen molar-refractivity contribution in [3.63, 3.8) is 0 Å². The molecule has 0 saturated carbocycles. The topological polar surface area (TPSA) is 131 Å². The fourth-order valence-corrected chi connectivity index (χ4v) is 1.58. The summed E-state index contributed by atoms with van der Waals surface area (Å²) in [5, 5.41) is 19.5. The first kappa shape index (κ1) is 21.3. The molecule has 23 heavy (non-hydrogen) atoms. The molecule has 0 saturated heterocycles. The van der Waals surface area contributed by atoms with Gasteiger partial charge in [0.1, 0.15) is 25.9 Å². The first-order valence-electron chi connectivity index (χ1n) is 7.45. The molecule has 0 aromatic carbocycles. The van der Waals surface area contributed by atoms with Crippen LogP contribution < -0.4 is 5.32 Å². The molecule has 0 aliphatic rings. The number of hydrogen-bond acceptors (Lipinski definition) is 7. The number of unbranched alkanes of at least 4 members (excludes halogenated alkanes) is 1. The smallest absolute Gasteiger partial charge is 0.329 e. The molecule has 0 unspecified atom stereocenters. The van der Waals surface area contributed by atoms with E-state index in [0.29, 0.717) is 6.42 Å². The molecule has 0 aliphatic carbocycles. The molecule has 9 nitrogen and oxygen atoms in total. The maximum absolute atomic E-state index is 11.9. The van der Waals surface area contributed by atoms with Gasteiger partial charge in [-0.15, -0.1) is 0 Å². The molecule has 0 radical (unpaired) electrons. The lowest BCUT2D eigenvalue weighted by atomic mass is 10.1. The Bertz CT molecular complexity index is 361. The fraction of sp³-hybridized carbons (Fsp3) is 0.786. The van der Waals surface area contributed by atoms with Gasteiger partial charge in [0.05, 0.1) is 19.8 Å². The van der Waals surface area contributed by atoms with E-state index in [2.05, 4.69) is 5.32 Å². The normalized spacial score (nSPS) is 11.7. The molecule has 0 spiro atoms. The number of carboxylic acids is 1. The highest BCUT2D eigenvalue weighted by molar-refractivity contribution is 5.85. The Morgan fingerprint density at radius 1 is 1.09 bits per heavy atom. The van der Waals surface area contributed by atoms with E-state index in [0.717, 1.165) is 12.8 Å². The zero-order valence-corrected chi connectivity index (χ0v) is 13.3. The molecule has 134 valence electrons. The van der Waals surface area contributed by atoms with Crippen LogP contribution in [0.4, 0.5) is 0 Å². The second-order valence-electron chi connectivity index (χ2n) is 4.65. The van der Waals surface area contributed by atoms with E-state index < -0.39 is 30.5 Å². The average Bonchev–Trinajstić information content (AvgIpc) is 2.50. The van der Waals surface area contributed by atoms with Gasteiger partial charge in [-0.1, -0.05) is 19.8 Å². The number of carboxylic acid groups (broad SMARTS) is 1. The average molecular weight is 335 g/mol. The minimum atomic E-state index is -1.10. The minimum Gasteiger partial charge on any atom is -0.480 e. The molecular formula is C14H25NO8. The summed E-state index contributed by atoms with van der Waals surface area (Å²) in [5.74, 6) is -2.18. The Hall–Kier alpha value is -1.71. The molecule has 9 heteroatoms. The maximum atomic E-state index is 11.9. The van der Waals surface area contributed by atoms with Crippen molar-refractivity contribution in [2.24, 2.45) is 0 Å². The van der Waals surface area contributed by atoms with E-state index in [9.17, 15) is 14.4 Å². The predicted molar refractivity (Wildman–Crippen MR) is 78.8 cm³/mol. The highest BCUT2D eigenvalue weighted by Crippen LogP contribution is 2.03. The van der Waals surface area contributed by atoms with Crippen LogP contribution in [0.3, 0.4) is 0 Å². The molecule has 0 aliphatic heterocycles. The SMILES string of the molecule is CCCC[C@@H](NC(=O)COCCO)C(=O)OCCOCC(=O)O. The highest BCUT2D eigenvalue weighted by Gasteiger charge is 2.21. The van der Waals surface area contributed by atoms with Gasteiger partial charge in [0.25, 0.3) is 0 Å². The van der Waals surface area contributed by atoms with Crippen LogP contribution in [0.5, 0.6) is 0 Å². The molecule has 0 aromatic rings. The van der Waals surface area contributed by atoms with E-state index in [1.54, 1.807) is 0 Å². The number of amides is 1. The van der Waals surface area contributed by atoms with Crippen LogP contribution in [-0.4, -0.2) is 73.7 Å². The number of ether oxygens (including phenoxy) is 3. The number of nitrogens with one attached hydrogen (secondary N) is 1. The van der Waals surface area contributed by atoms with Gasteiger partial charge in [-0.05, 0) is 6.42 Å². The molecule has 1 atom stereocenters. The molecule has 1 amide bonds. The van der Waals surface area contributed by atoms with Crippen molar-refractivity contribution in [3.05, 3.63) is 0 Å². The van der Waals surface area contributed by atoms with Gasteiger partial charge < -0.3 is 29.7 Å². The van der Waals surface area contributed by atoms with Crippen LogP contribution in [-0.2, 0) is 28.6 Å². The summed E-state index contributed by atoms with van der Waals surface area (Å²) in [4.78, 5) is 33.8. The third-order valence-corrected chi connectivity index (χ3v) is 2.63. The molecular weight excluding hydrogens is 310 g/mol. The number of esters is 1. The van der Waals surface area contributed by atoms with Gasteiger partial charge >= 0.3 is 11.9 Å². The van der Waals surface area contributed by atoms with Crippen molar-refractivity contribution in [1.82, 2.24) is 5.32 Å². The molecule has 0 heterocycles. The Balaban J connectivity index is 4.15. The van der Waals surface area contributed by atoms with E-state index >= 15 is 0 Å². The number of carbonyl (C=O) groups is 3. The number of aliphatic carboxylic acids is 1. The second-order valence-corrected chi connectivity index (χ2v) is 4.65. The van der Waals surface area contributed by atoms with Gasteiger partial charge in [0.2, 0.25) is 5.91 Å². The standard InChI is InChI=1S/C14H25NO8/c1-2-3-4-11(15-12(17)9-21-6-5-16)14(20)23-8-7-22-10-13(18)19/h11,16H,2-10H2,1H3,(H,15,17)(H,18,19)/t11-/m1/s1. The Labute approximate surface area is 134 Å². The van der Waals surface area contributed by atoms with Crippen molar-refractivity contribution in [2.45, 2.75) is 32.2 Å². The fourth-order valence-electron chi connectivity index (χ4n) is 1.58. The second kappa shape index (κ2) is 13.9.